The number of hydrogen-bond donors (Lipinski definition) is 2. The summed E-state index contributed by atoms with van der Waals surface area (Å²) in [4.78, 5) is 4.48. The van der Waals surface area contributed by atoms with Crippen LogP contribution in [0.4, 0.5) is 5.82 Å². The Morgan fingerprint density at radius 2 is 2.38 bits per heavy atom. The van der Waals surface area contributed by atoms with Crippen LogP contribution in [0.25, 0.3) is 0 Å². The van der Waals surface area contributed by atoms with Crippen LogP contribution in [0.3, 0.4) is 0 Å². The average molecular weight is 234 g/mol. The number of nitrogens with zero attached hydrogens (tertiary/aromatic N) is 2. The van der Waals surface area contributed by atoms with Crippen molar-refractivity contribution < 1.29 is 4.52 Å². The fourth-order valence-corrected chi connectivity index (χ4v) is 1.41. The lowest BCUT2D eigenvalue weighted by atomic mass is 10.2. The molecule has 0 spiro atoms. The zero-order valence-electron chi connectivity index (χ0n) is 8.38. The van der Waals surface area contributed by atoms with Gasteiger partial charge < -0.3 is 15.6 Å². The van der Waals surface area contributed by atoms with Crippen LogP contribution in [-0.4, -0.2) is 15.1 Å². The van der Waals surface area contributed by atoms with Crippen molar-refractivity contribution in [3.63, 3.8) is 0 Å². The Kier molecular flexibility index (Phi) is 3.11. The zero-order valence-corrected chi connectivity index (χ0v) is 9.20. The molecule has 0 saturated carbocycles. The van der Waals surface area contributed by atoms with Crippen molar-refractivity contribution in [1.29, 1.82) is 0 Å². The van der Waals surface area contributed by atoms with Crippen LogP contribution in [-0.2, 0) is 6.54 Å². The van der Waals surface area contributed by atoms with Gasteiger partial charge in [0.25, 0.3) is 0 Å². The van der Waals surface area contributed by atoms with Crippen LogP contribution in [0, 0.1) is 0 Å². The van der Waals surface area contributed by atoms with E-state index in [1.54, 1.807) is 18.3 Å². The minimum absolute atomic E-state index is 0.316. The van der Waals surface area contributed by atoms with Crippen molar-refractivity contribution in [2.24, 2.45) is 5.73 Å². The summed E-state index contributed by atoms with van der Waals surface area (Å²) in [5.41, 5.74) is 7.10. The highest BCUT2D eigenvalue weighted by atomic mass is 32.1. The molecule has 5 nitrogen and oxygen atoms in total. The first kappa shape index (κ1) is 10.6. The Morgan fingerprint density at radius 1 is 1.50 bits per heavy atom. The van der Waals surface area contributed by atoms with Gasteiger partial charge in [-0.1, -0.05) is 17.4 Å². The lowest BCUT2D eigenvalue weighted by molar-refractivity contribution is 0.412. The van der Waals surface area contributed by atoms with E-state index < -0.39 is 0 Å². The second kappa shape index (κ2) is 4.71. The number of nitrogens with one attached hydrogen (secondary N) is 1. The summed E-state index contributed by atoms with van der Waals surface area (Å²) in [5.74, 6) is 0.651. The summed E-state index contributed by atoms with van der Waals surface area (Å²) < 4.78 is 4.72. The molecule has 6 heteroatoms. The molecule has 3 N–H and O–H groups in total. The second-order valence-corrected chi connectivity index (χ2v) is 3.55. The molecule has 0 amide bonds. The van der Waals surface area contributed by atoms with Gasteiger partial charge in [-0.05, 0) is 12.1 Å². The third-order valence-corrected chi connectivity index (χ3v) is 2.22. The van der Waals surface area contributed by atoms with E-state index in [1.807, 2.05) is 6.07 Å². The smallest absolute Gasteiger partial charge is 0.136 e. The Balaban J connectivity index is 2.12. The summed E-state index contributed by atoms with van der Waals surface area (Å²) in [7, 11) is 0. The third kappa shape index (κ3) is 2.34. The fourth-order valence-electron chi connectivity index (χ4n) is 1.25. The highest BCUT2D eigenvalue weighted by molar-refractivity contribution is 7.80. The molecule has 0 bridgehead atoms. The van der Waals surface area contributed by atoms with Gasteiger partial charge in [0, 0.05) is 12.3 Å². The molecule has 0 radical (unpaired) electrons. The average Bonchev–Trinajstić information content (AvgIpc) is 2.79. The minimum atomic E-state index is 0.316. The van der Waals surface area contributed by atoms with E-state index in [2.05, 4.69) is 15.5 Å². The summed E-state index contributed by atoms with van der Waals surface area (Å²) >= 11 is 4.93. The Hall–Kier alpha value is -1.95. The first-order chi connectivity index (χ1) is 7.77. The Morgan fingerprint density at radius 3 is 3.06 bits per heavy atom. The van der Waals surface area contributed by atoms with Gasteiger partial charge in [0.05, 0.1) is 12.1 Å². The molecule has 2 rings (SSSR count). The largest absolute Gasteiger partial charge is 0.389 e. The van der Waals surface area contributed by atoms with E-state index in [4.69, 9.17) is 22.5 Å². The monoisotopic (exact) mass is 234 g/mol. The molecule has 2 heterocycles. The molecular formula is C10H10N4OS. The van der Waals surface area contributed by atoms with Gasteiger partial charge in [0.1, 0.15) is 22.8 Å². The third-order valence-electron chi connectivity index (χ3n) is 2.00. The molecule has 82 valence electrons. The molecule has 0 atom stereocenters. The Bertz CT molecular complexity index is 483. The molecule has 0 aromatic carbocycles. The van der Waals surface area contributed by atoms with Crippen molar-refractivity contribution in [2.75, 3.05) is 5.32 Å². The molecule has 0 saturated heterocycles. The van der Waals surface area contributed by atoms with Crippen LogP contribution < -0.4 is 11.1 Å². The minimum Gasteiger partial charge on any atom is -0.389 e. The SMILES string of the molecule is NC(=S)c1cccnc1NCc1ccon1. The predicted molar refractivity (Wildman–Crippen MR) is 64.0 cm³/mol. The van der Waals surface area contributed by atoms with Gasteiger partial charge in [-0.25, -0.2) is 4.98 Å². The summed E-state index contributed by atoms with van der Waals surface area (Å²) in [5, 5.41) is 6.87. The summed E-state index contributed by atoms with van der Waals surface area (Å²) in [6, 6.07) is 5.38. The van der Waals surface area contributed by atoms with Gasteiger partial charge >= 0.3 is 0 Å². The zero-order chi connectivity index (χ0) is 11.4. The molecule has 0 fully saturated rings. The lowest BCUT2D eigenvalue weighted by Crippen LogP contribution is -2.14. The van der Waals surface area contributed by atoms with Crippen molar-refractivity contribution >= 4 is 23.0 Å². The standard InChI is InChI=1S/C10H10N4OS/c11-9(16)8-2-1-4-12-10(8)13-6-7-3-5-15-14-7/h1-5H,6H2,(H2,11,16)(H,12,13). The van der Waals surface area contributed by atoms with E-state index in [1.165, 1.54) is 6.26 Å². The van der Waals surface area contributed by atoms with Crippen molar-refractivity contribution in [2.45, 2.75) is 6.54 Å². The van der Waals surface area contributed by atoms with Crippen molar-refractivity contribution in [3.05, 3.63) is 41.9 Å². The van der Waals surface area contributed by atoms with Crippen molar-refractivity contribution in [1.82, 2.24) is 10.1 Å². The van der Waals surface area contributed by atoms with Gasteiger partial charge in [0.2, 0.25) is 0 Å². The van der Waals surface area contributed by atoms with Crippen LogP contribution in [0.15, 0.2) is 35.2 Å². The molecule has 2 aromatic heterocycles. The maximum atomic E-state index is 5.58. The molecule has 2 aromatic rings. The normalized spacial score (nSPS) is 10.0. The highest BCUT2D eigenvalue weighted by Crippen LogP contribution is 2.12. The number of anilines is 1. The predicted octanol–water partition coefficient (Wildman–Crippen LogP) is 1.32. The van der Waals surface area contributed by atoms with Crippen LogP contribution in [0.1, 0.15) is 11.3 Å². The highest BCUT2D eigenvalue weighted by Gasteiger charge is 2.05. The molecule has 0 aliphatic carbocycles. The van der Waals surface area contributed by atoms with E-state index in [9.17, 15) is 0 Å². The van der Waals surface area contributed by atoms with E-state index in [-0.39, 0.29) is 0 Å². The van der Waals surface area contributed by atoms with Crippen LogP contribution in [0.2, 0.25) is 0 Å². The van der Waals surface area contributed by atoms with Gasteiger partial charge in [-0.2, -0.15) is 0 Å². The van der Waals surface area contributed by atoms with Gasteiger partial charge in [-0.15, -0.1) is 0 Å². The number of nitrogens with two attached hydrogens (primary N) is 1. The lowest BCUT2D eigenvalue weighted by Gasteiger charge is -2.07. The number of pyridine rings is 1. The first-order valence-corrected chi connectivity index (χ1v) is 5.06. The quantitative estimate of drug-likeness (QED) is 0.777. The fraction of sp³-hybridized carbons (Fsp3) is 0.100. The molecule has 16 heavy (non-hydrogen) atoms. The number of rotatable bonds is 4. The molecule has 0 aliphatic rings. The first-order valence-electron chi connectivity index (χ1n) is 4.65. The number of thiocarbonyl (C=S) groups is 1. The maximum absolute atomic E-state index is 5.58. The molecular weight excluding hydrogens is 224 g/mol. The Labute approximate surface area is 97.7 Å². The van der Waals surface area contributed by atoms with Crippen LogP contribution in [0.5, 0.6) is 0 Å². The number of aromatic nitrogens is 2. The van der Waals surface area contributed by atoms with E-state index >= 15 is 0 Å². The van der Waals surface area contributed by atoms with Crippen molar-refractivity contribution in [3.8, 4) is 0 Å². The molecule has 0 aliphatic heterocycles. The second-order valence-electron chi connectivity index (χ2n) is 3.11. The van der Waals surface area contributed by atoms with Gasteiger partial charge in [0.15, 0.2) is 0 Å². The molecule has 0 unspecified atom stereocenters. The topological polar surface area (TPSA) is 77.0 Å². The maximum Gasteiger partial charge on any atom is 0.136 e. The number of hydrogen-bond acceptors (Lipinski definition) is 5. The summed E-state index contributed by atoms with van der Waals surface area (Å²) in [6.07, 6.45) is 3.19. The van der Waals surface area contributed by atoms with E-state index in [0.29, 0.717) is 17.4 Å². The summed E-state index contributed by atoms with van der Waals surface area (Å²) in [6.45, 7) is 0.517. The van der Waals surface area contributed by atoms with Crippen LogP contribution >= 0.6 is 12.2 Å². The van der Waals surface area contributed by atoms with Gasteiger partial charge in [-0.3, -0.25) is 0 Å². The van der Waals surface area contributed by atoms with E-state index in [0.717, 1.165) is 11.3 Å².